The van der Waals surface area contributed by atoms with Gasteiger partial charge in [-0.05, 0) is 24.1 Å². The molecule has 0 spiro atoms. The van der Waals surface area contributed by atoms with Gasteiger partial charge in [-0.3, -0.25) is 4.79 Å². The molecule has 79 valence electrons. The first kappa shape index (κ1) is 13.0. The van der Waals surface area contributed by atoms with Crippen LogP contribution in [0, 0.1) is 0 Å². The molecular weight excluding hydrogens is 229 g/mol. The van der Waals surface area contributed by atoms with E-state index in [4.69, 9.17) is 15.9 Å². The minimum Gasteiger partial charge on any atom is -0.508 e. The van der Waals surface area contributed by atoms with Gasteiger partial charge in [0.2, 0.25) is 0 Å². The predicted molar refractivity (Wildman–Crippen MR) is 47.4 cm³/mol. The van der Waals surface area contributed by atoms with Gasteiger partial charge in [-0.25, -0.2) is 0 Å². The molecule has 1 aromatic rings. The predicted octanol–water partition coefficient (Wildman–Crippen LogP) is 0.344. The van der Waals surface area contributed by atoms with Gasteiger partial charge < -0.3 is 15.9 Å². The Bertz CT molecular complexity index is 299. The molecule has 4 nitrogen and oxygen atoms in total. The Kier molecular flexibility index (Phi) is 5.22. The molecule has 5 heteroatoms. The van der Waals surface area contributed by atoms with Crippen molar-refractivity contribution in [2.75, 3.05) is 0 Å². The molecule has 0 fully saturated rings. The van der Waals surface area contributed by atoms with E-state index in [2.05, 4.69) is 0 Å². The van der Waals surface area contributed by atoms with Gasteiger partial charge in [0.15, 0.2) is 0 Å². The monoisotopic (exact) mass is 240 g/mol. The molecule has 0 bridgehead atoms. The number of aliphatic carboxylic acids is 1. The fourth-order valence-electron chi connectivity index (χ4n) is 0.973. The normalized spacial score (nSPS) is 11.5. The molecule has 0 heterocycles. The average Bonchev–Trinajstić information content (AvgIpc) is 2.08. The third-order valence-electron chi connectivity index (χ3n) is 1.71. The summed E-state index contributed by atoms with van der Waals surface area (Å²) in [6, 6.07) is 5.42. The zero-order valence-electron chi connectivity index (χ0n) is 7.31. The maximum atomic E-state index is 10.4. The molecule has 0 aliphatic carbocycles. The number of rotatable bonds is 3. The van der Waals surface area contributed by atoms with Crippen molar-refractivity contribution in [2.45, 2.75) is 12.5 Å². The third-order valence-corrected chi connectivity index (χ3v) is 1.71. The van der Waals surface area contributed by atoms with Crippen LogP contribution < -0.4 is 5.73 Å². The van der Waals surface area contributed by atoms with E-state index in [1.165, 1.54) is 12.1 Å². The van der Waals surface area contributed by atoms with Crippen LogP contribution in [0.15, 0.2) is 24.3 Å². The Morgan fingerprint density at radius 3 is 2.29 bits per heavy atom. The van der Waals surface area contributed by atoms with E-state index in [9.17, 15) is 4.79 Å². The minimum atomic E-state index is -1.02. The summed E-state index contributed by atoms with van der Waals surface area (Å²) in [7, 11) is 0. The topological polar surface area (TPSA) is 83.5 Å². The van der Waals surface area contributed by atoms with Crippen molar-refractivity contribution in [3.05, 3.63) is 29.8 Å². The van der Waals surface area contributed by atoms with E-state index in [1.54, 1.807) is 12.1 Å². The smallest absolute Gasteiger partial charge is 0.320 e. The number of aromatic hydroxyl groups is 1. The number of carbonyl (C=O) groups is 1. The van der Waals surface area contributed by atoms with Crippen LogP contribution >= 0.6 is 0 Å². The van der Waals surface area contributed by atoms with Crippen LogP contribution in [0.3, 0.4) is 0 Å². The molecule has 0 aliphatic heterocycles. The summed E-state index contributed by atoms with van der Waals surface area (Å²) >= 11 is 0. The molecule has 0 aromatic heterocycles. The van der Waals surface area contributed by atoms with Crippen LogP contribution in [0.2, 0.25) is 0 Å². The van der Waals surface area contributed by atoms with Crippen LogP contribution in [-0.4, -0.2) is 22.2 Å². The fourth-order valence-corrected chi connectivity index (χ4v) is 0.973. The summed E-state index contributed by atoms with van der Waals surface area (Å²) in [4.78, 5) is 10.4. The van der Waals surface area contributed by atoms with Crippen molar-refractivity contribution >= 4 is 5.97 Å². The molecule has 1 rings (SSSR count). The number of hydrogen-bond acceptors (Lipinski definition) is 3. The van der Waals surface area contributed by atoms with E-state index in [0.717, 1.165) is 5.56 Å². The summed E-state index contributed by atoms with van der Waals surface area (Å²) in [6.07, 6.45) is 0.273. The van der Waals surface area contributed by atoms with Gasteiger partial charge in [0.1, 0.15) is 11.8 Å². The van der Waals surface area contributed by atoms with Crippen LogP contribution in [0.1, 0.15) is 5.56 Å². The van der Waals surface area contributed by atoms with E-state index in [1.807, 2.05) is 0 Å². The first-order chi connectivity index (χ1) is 6.09. The number of benzene rings is 1. The number of carboxylic acid groups (broad SMARTS) is 1. The zero-order valence-corrected chi connectivity index (χ0v) is 8.35. The van der Waals surface area contributed by atoms with Gasteiger partial charge in [0.25, 0.3) is 0 Å². The van der Waals surface area contributed by atoms with E-state index in [0.29, 0.717) is 0 Å². The van der Waals surface area contributed by atoms with Crippen molar-refractivity contribution in [3.8, 4) is 5.75 Å². The van der Waals surface area contributed by atoms with Crippen molar-refractivity contribution < 1.29 is 31.8 Å². The SMILES string of the molecule is N[C@@H](Cc1ccc(O)cc1)C(=O)O.[Co]. The second kappa shape index (κ2) is 5.64. The first-order valence-electron chi connectivity index (χ1n) is 3.86. The van der Waals surface area contributed by atoms with E-state index >= 15 is 0 Å². The maximum Gasteiger partial charge on any atom is 0.320 e. The number of nitrogens with two attached hydrogens (primary N) is 1. The fraction of sp³-hybridized carbons (Fsp3) is 0.222. The Labute approximate surface area is 91.9 Å². The van der Waals surface area contributed by atoms with E-state index < -0.39 is 12.0 Å². The second-order valence-corrected chi connectivity index (χ2v) is 2.82. The number of hydrogen-bond donors (Lipinski definition) is 3. The van der Waals surface area contributed by atoms with Crippen molar-refractivity contribution in [3.63, 3.8) is 0 Å². The molecule has 0 saturated heterocycles. The molecule has 0 aliphatic rings. The van der Waals surface area contributed by atoms with Gasteiger partial charge >= 0.3 is 5.97 Å². The maximum absolute atomic E-state index is 10.4. The Morgan fingerprint density at radius 1 is 1.36 bits per heavy atom. The summed E-state index contributed by atoms with van der Waals surface area (Å²) in [6.45, 7) is 0. The standard InChI is InChI=1S/C9H11NO3.Co/c10-8(9(12)13)5-6-1-3-7(11)4-2-6;/h1-4,8,11H,5,10H2,(H,12,13);/t8-;/m0./s1. The van der Waals surface area contributed by atoms with Crippen LogP contribution in [-0.2, 0) is 28.0 Å². The Morgan fingerprint density at radius 2 is 1.86 bits per heavy atom. The Balaban J connectivity index is 0.00000169. The van der Waals surface area contributed by atoms with Crippen LogP contribution in [0.25, 0.3) is 0 Å². The first-order valence-corrected chi connectivity index (χ1v) is 3.86. The number of carboxylic acids is 1. The molecule has 4 N–H and O–H groups in total. The molecule has 0 saturated carbocycles. The van der Waals surface area contributed by atoms with Crippen LogP contribution in [0.5, 0.6) is 5.75 Å². The van der Waals surface area contributed by atoms with Crippen molar-refractivity contribution in [2.24, 2.45) is 5.73 Å². The van der Waals surface area contributed by atoms with Gasteiger partial charge in [-0.2, -0.15) is 0 Å². The Hall–Kier alpha value is -1.04. The minimum absolute atomic E-state index is 0. The number of phenolic OH excluding ortho intramolecular Hbond substituents is 1. The zero-order chi connectivity index (χ0) is 9.84. The van der Waals surface area contributed by atoms with Gasteiger partial charge in [-0.1, -0.05) is 12.1 Å². The van der Waals surface area contributed by atoms with E-state index in [-0.39, 0.29) is 28.9 Å². The largest absolute Gasteiger partial charge is 0.508 e. The van der Waals surface area contributed by atoms with Crippen LogP contribution in [0.4, 0.5) is 0 Å². The quantitative estimate of drug-likeness (QED) is 0.711. The van der Waals surface area contributed by atoms with Crippen molar-refractivity contribution in [1.29, 1.82) is 0 Å². The summed E-state index contributed by atoms with van der Waals surface area (Å²) in [5, 5.41) is 17.5. The molecular formula is C9H11CoNO3. The molecule has 0 amide bonds. The average molecular weight is 240 g/mol. The second-order valence-electron chi connectivity index (χ2n) is 2.82. The summed E-state index contributed by atoms with van der Waals surface area (Å²) in [5.41, 5.74) is 6.12. The summed E-state index contributed by atoms with van der Waals surface area (Å²) < 4.78 is 0. The molecule has 1 aromatic carbocycles. The van der Waals surface area contributed by atoms with Gasteiger partial charge in [-0.15, -0.1) is 0 Å². The van der Waals surface area contributed by atoms with Gasteiger partial charge in [0, 0.05) is 16.8 Å². The molecule has 1 atom stereocenters. The van der Waals surface area contributed by atoms with Crippen molar-refractivity contribution in [1.82, 2.24) is 0 Å². The molecule has 1 radical (unpaired) electrons. The molecule has 14 heavy (non-hydrogen) atoms. The third kappa shape index (κ3) is 3.78. The van der Waals surface area contributed by atoms with Gasteiger partial charge in [0.05, 0.1) is 0 Å². The number of phenols is 1. The molecule has 0 unspecified atom stereocenters. The summed E-state index contributed by atoms with van der Waals surface area (Å²) in [5.74, 6) is -0.860.